The Morgan fingerprint density at radius 3 is 2.71 bits per heavy atom. The van der Waals surface area contributed by atoms with Crippen molar-refractivity contribution < 1.29 is 0 Å². The van der Waals surface area contributed by atoms with Crippen molar-refractivity contribution in [2.75, 3.05) is 18.0 Å². The lowest BCUT2D eigenvalue weighted by Gasteiger charge is -2.29. The second-order valence-corrected chi connectivity index (χ2v) is 5.95. The SMILES string of the molecule is Cn1ncc2c(N3CC=C(c4ccc(C#N)cc4)CC3)ccnc21. The van der Waals surface area contributed by atoms with Gasteiger partial charge in [0.1, 0.15) is 0 Å². The van der Waals surface area contributed by atoms with Gasteiger partial charge in [-0.15, -0.1) is 0 Å². The number of nitrogens with zero attached hydrogens (tertiary/aromatic N) is 5. The Morgan fingerprint density at radius 1 is 1.17 bits per heavy atom. The van der Waals surface area contributed by atoms with Crippen LogP contribution in [0.1, 0.15) is 17.5 Å². The molecule has 4 rings (SSSR count). The molecule has 0 fully saturated rings. The molecule has 0 N–H and O–H groups in total. The molecule has 24 heavy (non-hydrogen) atoms. The fraction of sp³-hybridized carbons (Fsp3) is 0.211. The van der Waals surface area contributed by atoms with E-state index in [4.69, 9.17) is 5.26 Å². The van der Waals surface area contributed by atoms with Crippen LogP contribution < -0.4 is 4.90 Å². The lowest BCUT2D eigenvalue weighted by atomic mass is 9.98. The van der Waals surface area contributed by atoms with Crippen molar-refractivity contribution in [3.63, 3.8) is 0 Å². The van der Waals surface area contributed by atoms with E-state index >= 15 is 0 Å². The molecule has 1 aliphatic heterocycles. The third kappa shape index (κ3) is 2.42. The normalized spacial score (nSPS) is 14.5. The number of rotatable bonds is 2. The van der Waals surface area contributed by atoms with Gasteiger partial charge in [-0.25, -0.2) is 4.98 Å². The second kappa shape index (κ2) is 5.82. The van der Waals surface area contributed by atoms with E-state index in [-0.39, 0.29) is 0 Å². The summed E-state index contributed by atoms with van der Waals surface area (Å²) in [5.74, 6) is 0. The molecule has 3 heterocycles. The topological polar surface area (TPSA) is 57.7 Å². The Hall–Kier alpha value is -3.13. The van der Waals surface area contributed by atoms with E-state index in [0.29, 0.717) is 5.56 Å². The van der Waals surface area contributed by atoms with Crippen molar-refractivity contribution in [3.05, 3.63) is 59.9 Å². The highest BCUT2D eigenvalue weighted by molar-refractivity contribution is 5.89. The van der Waals surface area contributed by atoms with Crippen molar-refractivity contribution in [2.24, 2.45) is 7.05 Å². The molecule has 5 nitrogen and oxygen atoms in total. The zero-order valence-corrected chi connectivity index (χ0v) is 13.5. The minimum Gasteiger partial charge on any atom is -0.367 e. The summed E-state index contributed by atoms with van der Waals surface area (Å²) in [6.45, 7) is 1.82. The summed E-state index contributed by atoms with van der Waals surface area (Å²) in [6, 6.07) is 12.0. The largest absolute Gasteiger partial charge is 0.367 e. The quantitative estimate of drug-likeness (QED) is 0.729. The molecule has 0 atom stereocenters. The van der Waals surface area contributed by atoms with E-state index in [9.17, 15) is 0 Å². The van der Waals surface area contributed by atoms with Crippen molar-refractivity contribution in [2.45, 2.75) is 6.42 Å². The van der Waals surface area contributed by atoms with Crippen LogP contribution in [0.3, 0.4) is 0 Å². The van der Waals surface area contributed by atoms with E-state index in [2.05, 4.69) is 33.2 Å². The van der Waals surface area contributed by atoms with Crippen molar-refractivity contribution in [3.8, 4) is 6.07 Å². The van der Waals surface area contributed by atoms with Gasteiger partial charge in [0, 0.05) is 26.3 Å². The van der Waals surface area contributed by atoms with Crippen LogP contribution in [0.2, 0.25) is 0 Å². The van der Waals surface area contributed by atoms with E-state index in [0.717, 1.165) is 30.5 Å². The average Bonchev–Trinajstić information content (AvgIpc) is 3.03. The minimum atomic E-state index is 0.701. The first kappa shape index (κ1) is 14.5. The van der Waals surface area contributed by atoms with E-state index in [1.54, 1.807) is 4.68 Å². The third-order valence-corrected chi connectivity index (χ3v) is 4.55. The average molecular weight is 315 g/mol. The van der Waals surface area contributed by atoms with Gasteiger partial charge in [-0.1, -0.05) is 18.2 Å². The van der Waals surface area contributed by atoms with Crippen molar-refractivity contribution in [1.82, 2.24) is 14.8 Å². The number of hydrogen-bond acceptors (Lipinski definition) is 4. The van der Waals surface area contributed by atoms with Crippen LogP contribution in [0.15, 0.2) is 48.8 Å². The first-order valence-corrected chi connectivity index (χ1v) is 7.97. The Bertz CT molecular complexity index is 960. The monoisotopic (exact) mass is 315 g/mol. The number of aryl methyl sites for hydroxylation is 1. The van der Waals surface area contributed by atoms with Crippen LogP contribution in [-0.4, -0.2) is 27.9 Å². The molecule has 0 radical (unpaired) electrons. The van der Waals surface area contributed by atoms with Gasteiger partial charge in [-0.05, 0) is 35.8 Å². The molecular formula is C19H17N5. The number of hydrogen-bond donors (Lipinski definition) is 0. The Balaban J connectivity index is 1.60. The van der Waals surface area contributed by atoms with Crippen molar-refractivity contribution >= 4 is 22.3 Å². The highest BCUT2D eigenvalue weighted by Crippen LogP contribution is 2.29. The van der Waals surface area contributed by atoms with E-state index in [1.165, 1.54) is 16.8 Å². The number of nitriles is 1. The Kier molecular flexibility index (Phi) is 3.51. The summed E-state index contributed by atoms with van der Waals surface area (Å²) in [4.78, 5) is 6.77. The molecule has 2 aromatic heterocycles. The van der Waals surface area contributed by atoms with Gasteiger partial charge in [-0.2, -0.15) is 10.4 Å². The maximum atomic E-state index is 8.90. The zero-order valence-electron chi connectivity index (χ0n) is 13.5. The first-order valence-electron chi connectivity index (χ1n) is 7.97. The molecular weight excluding hydrogens is 298 g/mol. The first-order chi connectivity index (χ1) is 11.8. The molecule has 0 bridgehead atoms. The summed E-state index contributed by atoms with van der Waals surface area (Å²) in [5.41, 5.74) is 5.34. The molecule has 0 unspecified atom stereocenters. The van der Waals surface area contributed by atoms with E-state index in [1.807, 2.05) is 43.7 Å². The van der Waals surface area contributed by atoms with Crippen LogP contribution in [0, 0.1) is 11.3 Å². The molecule has 5 heteroatoms. The number of aromatic nitrogens is 3. The van der Waals surface area contributed by atoms with Gasteiger partial charge >= 0.3 is 0 Å². The number of benzene rings is 1. The zero-order chi connectivity index (χ0) is 16.5. The second-order valence-electron chi connectivity index (χ2n) is 5.95. The maximum Gasteiger partial charge on any atom is 0.159 e. The fourth-order valence-electron chi connectivity index (χ4n) is 3.22. The van der Waals surface area contributed by atoms with Gasteiger partial charge in [0.2, 0.25) is 0 Å². The lowest BCUT2D eigenvalue weighted by molar-refractivity contribution is 0.786. The van der Waals surface area contributed by atoms with Gasteiger partial charge in [-0.3, -0.25) is 4.68 Å². The summed E-state index contributed by atoms with van der Waals surface area (Å²) in [5, 5.41) is 14.3. The molecule has 118 valence electrons. The third-order valence-electron chi connectivity index (χ3n) is 4.55. The van der Waals surface area contributed by atoms with Crippen LogP contribution in [0.4, 0.5) is 5.69 Å². The number of fused-ring (bicyclic) bond motifs is 1. The molecule has 3 aromatic rings. The smallest absolute Gasteiger partial charge is 0.159 e. The standard InChI is InChI=1S/C19H17N5/c1-23-19-17(13-22-23)18(6-9-21-19)24-10-7-16(8-11-24)15-4-2-14(12-20)3-5-15/h2-7,9,13H,8,10-11H2,1H3. The molecule has 0 aliphatic carbocycles. The summed E-state index contributed by atoms with van der Waals surface area (Å²) < 4.78 is 1.81. The Labute approximate surface area is 140 Å². The van der Waals surface area contributed by atoms with E-state index < -0.39 is 0 Å². The van der Waals surface area contributed by atoms with Crippen LogP contribution in [-0.2, 0) is 7.05 Å². The minimum absolute atomic E-state index is 0.701. The highest BCUT2D eigenvalue weighted by atomic mass is 15.3. The van der Waals surface area contributed by atoms with Crippen LogP contribution in [0.5, 0.6) is 0 Å². The molecule has 1 aromatic carbocycles. The Morgan fingerprint density at radius 2 is 2.00 bits per heavy atom. The summed E-state index contributed by atoms with van der Waals surface area (Å²) in [7, 11) is 1.91. The van der Waals surface area contributed by atoms with Gasteiger partial charge in [0.05, 0.1) is 28.9 Å². The molecule has 0 amide bonds. The maximum absolute atomic E-state index is 8.90. The van der Waals surface area contributed by atoms with Crippen molar-refractivity contribution in [1.29, 1.82) is 5.26 Å². The number of anilines is 1. The fourth-order valence-corrected chi connectivity index (χ4v) is 3.22. The summed E-state index contributed by atoms with van der Waals surface area (Å²) in [6.07, 6.45) is 6.99. The molecule has 1 aliphatic rings. The lowest BCUT2D eigenvalue weighted by Crippen LogP contribution is -2.28. The van der Waals surface area contributed by atoms with Crippen LogP contribution in [0.25, 0.3) is 16.6 Å². The molecule has 0 saturated carbocycles. The van der Waals surface area contributed by atoms with Gasteiger partial charge in [0.25, 0.3) is 0 Å². The number of pyridine rings is 1. The van der Waals surface area contributed by atoms with Gasteiger partial charge < -0.3 is 4.90 Å². The van der Waals surface area contributed by atoms with Gasteiger partial charge in [0.15, 0.2) is 5.65 Å². The van der Waals surface area contributed by atoms with Crippen LogP contribution >= 0.6 is 0 Å². The molecule has 0 saturated heterocycles. The predicted octanol–water partition coefficient (Wildman–Crippen LogP) is 3.13. The highest BCUT2D eigenvalue weighted by Gasteiger charge is 2.17. The molecule has 0 spiro atoms. The summed E-state index contributed by atoms with van der Waals surface area (Å²) >= 11 is 0. The predicted molar refractivity (Wildman–Crippen MR) is 94.5 cm³/mol.